The zero-order valence-electron chi connectivity index (χ0n) is 20.0. The predicted molar refractivity (Wildman–Crippen MR) is 132 cm³/mol. The van der Waals surface area contributed by atoms with Gasteiger partial charge in [-0.2, -0.15) is 0 Å². The van der Waals surface area contributed by atoms with Crippen molar-refractivity contribution in [1.82, 2.24) is 0 Å². The van der Waals surface area contributed by atoms with Gasteiger partial charge in [0.2, 0.25) is 0 Å². The van der Waals surface area contributed by atoms with Crippen LogP contribution in [-0.4, -0.2) is 33.2 Å². The van der Waals surface area contributed by atoms with E-state index in [4.69, 9.17) is 23.7 Å². The Morgan fingerprint density at radius 1 is 0.735 bits per heavy atom. The number of carbonyl (C=O) groups excluding carboxylic acids is 1. The van der Waals surface area contributed by atoms with Gasteiger partial charge in [-0.1, -0.05) is 12.1 Å². The first-order valence-corrected chi connectivity index (χ1v) is 11.1. The van der Waals surface area contributed by atoms with Gasteiger partial charge in [0.1, 0.15) is 35.4 Å². The van der Waals surface area contributed by atoms with Crippen LogP contribution < -0.4 is 23.7 Å². The minimum Gasteiger partial charge on any atom is -0.497 e. The number of hydrogen-bond donors (Lipinski definition) is 0. The third-order valence-corrected chi connectivity index (χ3v) is 5.02. The molecule has 6 nitrogen and oxygen atoms in total. The second-order valence-corrected chi connectivity index (χ2v) is 7.26. The maximum atomic E-state index is 13.0. The first kappa shape index (κ1) is 24.7. The van der Waals surface area contributed by atoms with Crippen LogP contribution in [0.4, 0.5) is 0 Å². The molecule has 0 aromatic heterocycles. The highest BCUT2D eigenvalue weighted by atomic mass is 16.5. The van der Waals surface area contributed by atoms with Crippen molar-refractivity contribution in [3.05, 3.63) is 83.4 Å². The molecule has 0 saturated heterocycles. The van der Waals surface area contributed by atoms with E-state index >= 15 is 0 Å². The van der Waals surface area contributed by atoms with Gasteiger partial charge in [-0.25, -0.2) is 0 Å². The van der Waals surface area contributed by atoms with Crippen LogP contribution >= 0.6 is 0 Å². The number of carbonyl (C=O) groups is 1. The molecule has 0 saturated carbocycles. The molecule has 0 atom stereocenters. The van der Waals surface area contributed by atoms with Crippen LogP contribution in [0.15, 0.2) is 66.7 Å². The van der Waals surface area contributed by atoms with Gasteiger partial charge >= 0.3 is 0 Å². The lowest BCUT2D eigenvalue weighted by molar-refractivity contribution is 0.104. The van der Waals surface area contributed by atoms with E-state index in [2.05, 4.69) is 0 Å². The number of ether oxygens (including phenoxy) is 5. The van der Waals surface area contributed by atoms with Gasteiger partial charge in [0.05, 0.1) is 33.0 Å². The van der Waals surface area contributed by atoms with Gasteiger partial charge < -0.3 is 23.7 Å². The van der Waals surface area contributed by atoms with Crippen LogP contribution in [0.25, 0.3) is 6.08 Å². The van der Waals surface area contributed by atoms with Crippen molar-refractivity contribution < 1.29 is 28.5 Å². The van der Waals surface area contributed by atoms with Crippen molar-refractivity contribution in [2.75, 3.05) is 27.4 Å². The molecule has 6 heteroatoms. The lowest BCUT2D eigenvalue weighted by Crippen LogP contribution is -2.03. The smallest absolute Gasteiger partial charge is 0.189 e. The number of hydrogen-bond acceptors (Lipinski definition) is 6. The Morgan fingerprint density at radius 2 is 1.38 bits per heavy atom. The first-order valence-electron chi connectivity index (χ1n) is 11.1. The van der Waals surface area contributed by atoms with Crippen LogP contribution in [0.3, 0.4) is 0 Å². The normalized spacial score (nSPS) is 10.7. The van der Waals surface area contributed by atoms with Crippen molar-refractivity contribution >= 4 is 11.9 Å². The number of rotatable bonds is 12. The number of benzene rings is 3. The van der Waals surface area contributed by atoms with Crippen molar-refractivity contribution in [1.29, 1.82) is 0 Å². The molecule has 0 bridgehead atoms. The third kappa shape index (κ3) is 6.54. The Labute approximate surface area is 200 Å². The highest BCUT2D eigenvalue weighted by Gasteiger charge is 2.12. The standard InChI is InChI=1S/C28H30O6/c1-5-32-24-14-15-25(28(18-24)33-6-2)26(29)16-10-21-9-13-23(31-4)17-27(21)34-19-20-7-11-22(30-3)12-8-20/h7-18H,5-6,19H2,1-4H3. The second-order valence-electron chi connectivity index (χ2n) is 7.26. The average Bonchev–Trinajstić information content (AvgIpc) is 2.87. The van der Waals surface area contributed by atoms with E-state index in [1.807, 2.05) is 50.2 Å². The van der Waals surface area contributed by atoms with Crippen LogP contribution in [0.5, 0.6) is 28.7 Å². The molecule has 3 aromatic carbocycles. The molecular weight excluding hydrogens is 432 g/mol. The van der Waals surface area contributed by atoms with E-state index in [0.29, 0.717) is 48.4 Å². The summed E-state index contributed by atoms with van der Waals surface area (Å²) >= 11 is 0. The molecule has 0 heterocycles. The summed E-state index contributed by atoms with van der Waals surface area (Å²) in [6.07, 6.45) is 3.25. The van der Waals surface area contributed by atoms with E-state index in [0.717, 1.165) is 16.9 Å². The molecule has 0 fully saturated rings. The van der Waals surface area contributed by atoms with Crippen molar-refractivity contribution in [3.8, 4) is 28.7 Å². The zero-order chi connectivity index (χ0) is 24.3. The van der Waals surface area contributed by atoms with E-state index < -0.39 is 0 Å². The quantitative estimate of drug-likeness (QED) is 0.244. The molecule has 0 aliphatic carbocycles. The Morgan fingerprint density at radius 3 is 2.06 bits per heavy atom. The van der Waals surface area contributed by atoms with E-state index in [1.54, 1.807) is 44.6 Å². The summed E-state index contributed by atoms with van der Waals surface area (Å²) in [7, 11) is 3.23. The van der Waals surface area contributed by atoms with Gasteiger partial charge in [-0.15, -0.1) is 0 Å². The van der Waals surface area contributed by atoms with E-state index in [1.165, 1.54) is 6.08 Å². The number of ketones is 1. The fraction of sp³-hybridized carbons (Fsp3) is 0.250. The predicted octanol–water partition coefficient (Wildman–Crippen LogP) is 5.98. The fourth-order valence-electron chi connectivity index (χ4n) is 3.28. The van der Waals surface area contributed by atoms with Crippen molar-refractivity contribution in [2.24, 2.45) is 0 Å². The zero-order valence-corrected chi connectivity index (χ0v) is 20.0. The van der Waals surface area contributed by atoms with Gasteiger partial charge in [-0.05, 0) is 68.0 Å². The largest absolute Gasteiger partial charge is 0.497 e. The summed E-state index contributed by atoms with van der Waals surface area (Å²) in [4.78, 5) is 13.0. The molecular formula is C28H30O6. The monoisotopic (exact) mass is 462 g/mol. The Balaban J connectivity index is 1.81. The van der Waals surface area contributed by atoms with E-state index in [-0.39, 0.29) is 5.78 Å². The maximum absolute atomic E-state index is 13.0. The molecule has 34 heavy (non-hydrogen) atoms. The summed E-state index contributed by atoms with van der Waals surface area (Å²) < 4.78 is 27.8. The summed E-state index contributed by atoms with van der Waals surface area (Å²) in [6.45, 7) is 5.13. The summed E-state index contributed by atoms with van der Waals surface area (Å²) in [5, 5.41) is 0. The molecule has 0 amide bonds. The fourth-order valence-corrected chi connectivity index (χ4v) is 3.28. The average molecular weight is 463 g/mol. The van der Waals surface area contributed by atoms with Gasteiger partial charge in [-0.3, -0.25) is 4.79 Å². The van der Waals surface area contributed by atoms with Gasteiger partial charge in [0, 0.05) is 17.7 Å². The molecule has 178 valence electrons. The molecule has 0 N–H and O–H groups in total. The molecule has 0 aliphatic heterocycles. The SMILES string of the molecule is CCOc1ccc(C(=O)C=Cc2ccc(OC)cc2OCc2ccc(OC)cc2)c(OCC)c1. The highest BCUT2D eigenvalue weighted by Crippen LogP contribution is 2.29. The Kier molecular flexibility index (Phi) is 8.97. The molecule has 0 unspecified atom stereocenters. The van der Waals surface area contributed by atoms with Crippen molar-refractivity contribution in [2.45, 2.75) is 20.5 Å². The molecule has 3 rings (SSSR count). The minimum atomic E-state index is -0.177. The summed E-state index contributed by atoms with van der Waals surface area (Å²) in [5.41, 5.74) is 2.22. The lowest BCUT2D eigenvalue weighted by atomic mass is 10.1. The molecule has 0 spiro atoms. The molecule has 0 aliphatic rings. The highest BCUT2D eigenvalue weighted by molar-refractivity contribution is 6.08. The Bertz CT molecular complexity index is 1120. The van der Waals surface area contributed by atoms with Crippen molar-refractivity contribution in [3.63, 3.8) is 0 Å². The van der Waals surface area contributed by atoms with Gasteiger partial charge in [0.15, 0.2) is 5.78 Å². The first-order chi connectivity index (χ1) is 16.6. The van der Waals surface area contributed by atoms with Crippen LogP contribution in [0, 0.1) is 0 Å². The molecule has 0 radical (unpaired) electrons. The summed E-state index contributed by atoms with van der Waals surface area (Å²) in [5.74, 6) is 3.04. The van der Waals surface area contributed by atoms with E-state index in [9.17, 15) is 4.79 Å². The number of allylic oxidation sites excluding steroid dienone is 1. The number of methoxy groups -OCH3 is 2. The van der Waals surface area contributed by atoms with Gasteiger partial charge in [0.25, 0.3) is 0 Å². The minimum absolute atomic E-state index is 0.177. The topological polar surface area (TPSA) is 63.2 Å². The van der Waals surface area contributed by atoms with Crippen LogP contribution in [0.2, 0.25) is 0 Å². The molecule has 3 aromatic rings. The summed E-state index contributed by atoms with van der Waals surface area (Å²) in [6, 6.07) is 18.4. The third-order valence-electron chi connectivity index (χ3n) is 5.02. The Hall–Kier alpha value is -3.93. The maximum Gasteiger partial charge on any atom is 0.189 e. The van der Waals surface area contributed by atoms with Crippen LogP contribution in [0.1, 0.15) is 35.3 Å². The second kappa shape index (κ2) is 12.3. The van der Waals surface area contributed by atoms with Crippen LogP contribution in [-0.2, 0) is 6.61 Å². The lowest BCUT2D eigenvalue weighted by Gasteiger charge is -2.12.